The number of azide groups is 1. The molecule has 0 spiro atoms. The normalized spacial score (nSPS) is 26.0. The Kier molecular flexibility index (Phi) is 5.16. The topological polar surface area (TPSA) is 111 Å². The molecular weight excluding hydrogens is 242 g/mol. The van der Waals surface area contributed by atoms with Crippen LogP contribution in [-0.4, -0.2) is 37.0 Å². The van der Waals surface area contributed by atoms with Gasteiger partial charge in [-0.25, -0.2) is 0 Å². The van der Waals surface area contributed by atoms with Gasteiger partial charge in [-0.15, -0.1) is 0 Å². The highest BCUT2D eigenvalue weighted by molar-refractivity contribution is 5.66. The molecule has 0 aliphatic carbocycles. The van der Waals surface area contributed by atoms with Crippen LogP contribution in [-0.2, 0) is 23.8 Å². The molecule has 98 valence electrons. The number of ether oxygens (including phenoxy) is 3. The molecule has 0 N–H and O–H groups in total. The maximum Gasteiger partial charge on any atom is 0.303 e. The molecule has 0 saturated carbocycles. The van der Waals surface area contributed by atoms with E-state index in [0.29, 0.717) is 0 Å². The third kappa shape index (κ3) is 4.44. The van der Waals surface area contributed by atoms with Crippen LogP contribution in [0.2, 0.25) is 0 Å². The van der Waals surface area contributed by atoms with Crippen LogP contribution in [0.3, 0.4) is 0 Å². The number of hydrogen-bond donors (Lipinski definition) is 0. The van der Waals surface area contributed by atoms with Crippen molar-refractivity contribution in [2.75, 3.05) is 6.61 Å². The van der Waals surface area contributed by atoms with Gasteiger partial charge in [-0.05, 0) is 11.6 Å². The summed E-state index contributed by atoms with van der Waals surface area (Å²) in [5.41, 5.74) is 8.31. The Hall–Kier alpha value is -2.05. The van der Waals surface area contributed by atoms with E-state index in [1.807, 2.05) is 0 Å². The van der Waals surface area contributed by atoms with Gasteiger partial charge < -0.3 is 14.2 Å². The average molecular weight is 255 g/mol. The van der Waals surface area contributed by atoms with Gasteiger partial charge in [0.25, 0.3) is 0 Å². The first-order valence-electron chi connectivity index (χ1n) is 5.21. The minimum Gasteiger partial charge on any atom is -0.463 e. The summed E-state index contributed by atoms with van der Waals surface area (Å²) < 4.78 is 15.1. The summed E-state index contributed by atoms with van der Waals surface area (Å²) in [6.45, 7) is 2.43. The Morgan fingerprint density at radius 3 is 2.67 bits per heavy atom. The second-order valence-electron chi connectivity index (χ2n) is 3.53. The number of nitrogens with zero attached hydrogens (tertiary/aromatic N) is 3. The molecular formula is C10H13N3O5. The number of rotatable bonds is 4. The minimum atomic E-state index is -0.803. The van der Waals surface area contributed by atoms with Crippen LogP contribution in [0.4, 0.5) is 0 Å². The van der Waals surface area contributed by atoms with Crippen LogP contribution in [0, 0.1) is 0 Å². The van der Waals surface area contributed by atoms with Gasteiger partial charge in [0.2, 0.25) is 0 Å². The predicted molar refractivity (Wildman–Crippen MR) is 59.1 cm³/mol. The maximum absolute atomic E-state index is 10.9. The van der Waals surface area contributed by atoms with Crippen molar-refractivity contribution in [1.82, 2.24) is 0 Å². The monoisotopic (exact) mass is 255 g/mol. The van der Waals surface area contributed by atoms with Crippen LogP contribution in [0.5, 0.6) is 0 Å². The van der Waals surface area contributed by atoms with Crippen molar-refractivity contribution in [3.63, 3.8) is 0 Å². The van der Waals surface area contributed by atoms with Gasteiger partial charge in [-0.2, -0.15) is 0 Å². The first-order valence-corrected chi connectivity index (χ1v) is 5.21. The van der Waals surface area contributed by atoms with Gasteiger partial charge in [0, 0.05) is 18.8 Å². The lowest BCUT2D eigenvalue weighted by atomic mass is 10.1. The zero-order valence-corrected chi connectivity index (χ0v) is 9.98. The Labute approximate surface area is 103 Å². The standard InChI is InChI=1S/C10H13N3O5/c1-6(14)16-5-9-8(17-7(2)15)3-4-10(18-9)12-13-11/h3-4,8-10H,5H2,1-2H3/t8-,9-,10+/m1/s1. The van der Waals surface area contributed by atoms with Gasteiger partial charge >= 0.3 is 11.9 Å². The maximum atomic E-state index is 10.9. The van der Waals surface area contributed by atoms with Crippen molar-refractivity contribution in [3.8, 4) is 0 Å². The lowest BCUT2D eigenvalue weighted by molar-refractivity contribution is -0.163. The molecule has 0 saturated heterocycles. The van der Waals surface area contributed by atoms with E-state index < -0.39 is 30.4 Å². The Bertz CT molecular complexity index is 402. The molecule has 18 heavy (non-hydrogen) atoms. The molecule has 0 aromatic heterocycles. The van der Waals surface area contributed by atoms with E-state index in [2.05, 4.69) is 10.0 Å². The van der Waals surface area contributed by atoms with Crippen molar-refractivity contribution in [1.29, 1.82) is 0 Å². The molecule has 0 radical (unpaired) electrons. The van der Waals surface area contributed by atoms with Gasteiger partial charge in [0.15, 0.2) is 6.23 Å². The van der Waals surface area contributed by atoms with E-state index >= 15 is 0 Å². The SMILES string of the molecule is CC(=O)OC[C@H]1O[C@H](N=[N+]=[N-])C=C[C@H]1OC(C)=O. The van der Waals surface area contributed by atoms with E-state index in [1.165, 1.54) is 19.9 Å². The van der Waals surface area contributed by atoms with Crippen molar-refractivity contribution in [2.45, 2.75) is 32.3 Å². The summed E-state index contributed by atoms with van der Waals surface area (Å²) in [4.78, 5) is 24.2. The molecule has 8 nitrogen and oxygen atoms in total. The zero-order valence-electron chi connectivity index (χ0n) is 9.98. The van der Waals surface area contributed by atoms with Gasteiger partial charge in [0.05, 0.1) is 0 Å². The van der Waals surface area contributed by atoms with Crippen LogP contribution < -0.4 is 0 Å². The highest BCUT2D eigenvalue weighted by atomic mass is 16.6. The lowest BCUT2D eigenvalue weighted by Gasteiger charge is -2.29. The molecule has 3 atom stereocenters. The molecule has 0 fully saturated rings. The van der Waals surface area contributed by atoms with Crippen LogP contribution in [0.15, 0.2) is 17.3 Å². The summed E-state index contributed by atoms with van der Waals surface area (Å²) in [5, 5.41) is 3.37. The van der Waals surface area contributed by atoms with Gasteiger partial charge in [-0.1, -0.05) is 11.2 Å². The third-order valence-corrected chi connectivity index (χ3v) is 2.06. The first kappa shape index (κ1) is 14.0. The van der Waals surface area contributed by atoms with E-state index in [1.54, 1.807) is 6.08 Å². The van der Waals surface area contributed by atoms with Crippen molar-refractivity contribution in [3.05, 3.63) is 22.6 Å². The second-order valence-corrected chi connectivity index (χ2v) is 3.53. The number of esters is 2. The minimum absolute atomic E-state index is 0.0882. The van der Waals surface area contributed by atoms with Crippen LogP contribution in [0.1, 0.15) is 13.8 Å². The van der Waals surface area contributed by atoms with E-state index in [4.69, 9.17) is 19.7 Å². The molecule has 1 rings (SSSR count). The molecule has 0 bridgehead atoms. The number of carbonyl (C=O) groups is 2. The zero-order chi connectivity index (χ0) is 13.5. The van der Waals surface area contributed by atoms with Crippen molar-refractivity contribution < 1.29 is 23.8 Å². The molecule has 0 aromatic rings. The summed E-state index contributed by atoms with van der Waals surface area (Å²) in [6.07, 6.45) is 0.836. The average Bonchev–Trinajstić information content (AvgIpc) is 2.28. The smallest absolute Gasteiger partial charge is 0.303 e. The van der Waals surface area contributed by atoms with Crippen LogP contribution >= 0.6 is 0 Å². The summed E-state index contributed by atoms with van der Waals surface area (Å²) >= 11 is 0. The van der Waals surface area contributed by atoms with Crippen LogP contribution in [0.25, 0.3) is 10.4 Å². The van der Waals surface area contributed by atoms with E-state index in [9.17, 15) is 9.59 Å². The fourth-order valence-corrected chi connectivity index (χ4v) is 1.39. The van der Waals surface area contributed by atoms with Gasteiger partial charge in [0.1, 0.15) is 18.8 Å². The summed E-state index contributed by atoms with van der Waals surface area (Å²) in [7, 11) is 0. The molecule has 8 heteroatoms. The third-order valence-electron chi connectivity index (χ3n) is 2.06. The lowest BCUT2D eigenvalue weighted by Crippen LogP contribution is -2.40. The molecule has 1 heterocycles. The predicted octanol–water partition coefficient (Wildman–Crippen LogP) is 1.07. The summed E-state index contributed by atoms with van der Waals surface area (Å²) in [5.74, 6) is -0.960. The Morgan fingerprint density at radius 1 is 1.39 bits per heavy atom. The fraction of sp³-hybridized carbons (Fsp3) is 0.600. The first-order chi connectivity index (χ1) is 8.52. The highest BCUT2D eigenvalue weighted by Crippen LogP contribution is 2.17. The quantitative estimate of drug-likeness (QED) is 0.245. The number of hydrogen-bond acceptors (Lipinski definition) is 6. The Morgan fingerprint density at radius 2 is 2.11 bits per heavy atom. The second kappa shape index (κ2) is 6.63. The van der Waals surface area contributed by atoms with Crippen molar-refractivity contribution in [2.24, 2.45) is 5.11 Å². The molecule has 1 aliphatic heterocycles. The van der Waals surface area contributed by atoms with Crippen molar-refractivity contribution >= 4 is 11.9 Å². The number of carbonyl (C=O) groups excluding carboxylic acids is 2. The fourth-order valence-electron chi connectivity index (χ4n) is 1.39. The molecule has 0 unspecified atom stereocenters. The van der Waals surface area contributed by atoms with E-state index in [-0.39, 0.29) is 6.61 Å². The summed E-state index contributed by atoms with van der Waals surface area (Å²) in [6, 6.07) is 0. The highest BCUT2D eigenvalue weighted by Gasteiger charge is 2.30. The molecule has 0 aromatic carbocycles. The molecule has 0 amide bonds. The molecule has 1 aliphatic rings. The largest absolute Gasteiger partial charge is 0.463 e. The Balaban J connectivity index is 2.71. The van der Waals surface area contributed by atoms with Gasteiger partial charge in [-0.3, -0.25) is 9.59 Å². The van der Waals surface area contributed by atoms with E-state index in [0.717, 1.165) is 0 Å².